The number of allylic oxidation sites excluding steroid dienone is 1. The van der Waals surface area contributed by atoms with E-state index >= 15 is 0 Å². The van der Waals surface area contributed by atoms with E-state index in [0.717, 1.165) is 35.1 Å². The highest BCUT2D eigenvalue weighted by Crippen LogP contribution is 2.27. The third kappa shape index (κ3) is 7.44. The van der Waals surface area contributed by atoms with Crippen molar-refractivity contribution in [2.24, 2.45) is 0 Å². The lowest BCUT2D eigenvalue weighted by Gasteiger charge is -2.23. The Balaban J connectivity index is 4.45. The molecule has 0 rings (SSSR count). The average Bonchev–Trinajstić information content (AvgIpc) is 2.50. The third-order valence-electron chi connectivity index (χ3n) is 3.55. The lowest BCUT2D eigenvalue weighted by molar-refractivity contribution is 0.298. The highest BCUT2D eigenvalue weighted by molar-refractivity contribution is 6.25. The van der Waals surface area contributed by atoms with E-state index < -0.39 is 0 Å². The second-order valence-corrected chi connectivity index (χ2v) is 5.90. The molecule has 0 aromatic heterocycles. The van der Waals surface area contributed by atoms with Crippen LogP contribution in [0.4, 0.5) is 0 Å². The van der Waals surface area contributed by atoms with Gasteiger partial charge in [-0.2, -0.15) is 0 Å². The Bertz CT molecular complexity index is 392. The summed E-state index contributed by atoms with van der Waals surface area (Å²) in [6.45, 7) is 24.4. The van der Waals surface area contributed by atoms with Crippen LogP contribution in [0.3, 0.4) is 0 Å². The monoisotopic (exact) mass is 302 g/mol. The molecule has 21 heavy (non-hydrogen) atoms. The Labute approximate surface area is 134 Å². The van der Waals surface area contributed by atoms with Crippen molar-refractivity contribution in [1.82, 2.24) is 0 Å². The normalized spacial score (nSPS) is 11.7. The molecule has 1 nitrogen and oxygen atoms in total. The fourth-order valence-corrected chi connectivity index (χ4v) is 2.60. The zero-order valence-electron chi connectivity index (χ0n) is 13.8. The first-order valence-corrected chi connectivity index (χ1v) is 9.10. The maximum atomic E-state index is 5.74. The predicted octanol–water partition coefficient (Wildman–Crippen LogP) is 5.81. The van der Waals surface area contributed by atoms with E-state index in [1.165, 1.54) is 25.7 Å². The van der Waals surface area contributed by atoms with Gasteiger partial charge >= 0.3 is 0 Å². The van der Waals surface area contributed by atoms with Crippen LogP contribution in [-0.4, -0.2) is 15.9 Å². The van der Waals surface area contributed by atoms with Crippen LogP contribution in [0.5, 0.6) is 0 Å². The number of hydrogen-bond acceptors (Lipinski definition) is 1. The highest BCUT2D eigenvalue weighted by atomic mass is 28.2. The minimum atomic E-state index is -0.227. The highest BCUT2D eigenvalue weighted by Gasteiger charge is 2.18. The summed E-state index contributed by atoms with van der Waals surface area (Å²) in [6, 6.07) is 0. The van der Waals surface area contributed by atoms with E-state index in [4.69, 9.17) is 4.43 Å². The van der Waals surface area contributed by atoms with Crippen molar-refractivity contribution < 1.29 is 4.43 Å². The van der Waals surface area contributed by atoms with Crippen molar-refractivity contribution in [3.8, 4) is 0 Å². The summed E-state index contributed by atoms with van der Waals surface area (Å²) < 4.78 is 5.74. The van der Waals surface area contributed by atoms with Crippen LogP contribution in [0.25, 0.3) is 0 Å². The Morgan fingerprint density at radius 2 is 1.71 bits per heavy atom. The minimum absolute atomic E-state index is 0.227. The molecular formula is C19H30OSi. The quantitative estimate of drug-likeness (QED) is 0.237. The van der Waals surface area contributed by atoms with Crippen LogP contribution in [0.1, 0.15) is 45.4 Å². The van der Waals surface area contributed by atoms with E-state index in [9.17, 15) is 0 Å². The smallest absolute Gasteiger partial charge is 0.227 e. The maximum absolute atomic E-state index is 5.74. The van der Waals surface area contributed by atoms with Crippen LogP contribution < -0.4 is 0 Å². The molecule has 0 aliphatic carbocycles. The van der Waals surface area contributed by atoms with E-state index in [-0.39, 0.29) is 6.10 Å². The molecule has 0 aromatic carbocycles. The molecule has 0 spiro atoms. The molecule has 0 aliphatic rings. The summed E-state index contributed by atoms with van der Waals surface area (Å²) in [4.78, 5) is 0. The molecule has 0 saturated heterocycles. The molecule has 0 bridgehead atoms. The van der Waals surface area contributed by atoms with Gasteiger partial charge in [-0.3, -0.25) is 0 Å². The standard InChI is InChI=1S/C19H30OSi/c1-8-10-11-12-13-14-16(4)17(5)18(6)19(20-21-7)15(3)9-2/h9,19H,2-6,8,10-14H2,1,7H3. The molecule has 0 aliphatic heterocycles. The van der Waals surface area contributed by atoms with Gasteiger partial charge in [0.1, 0.15) is 0 Å². The van der Waals surface area contributed by atoms with Gasteiger partial charge in [-0.25, -0.2) is 0 Å². The predicted molar refractivity (Wildman–Crippen MR) is 96.6 cm³/mol. The van der Waals surface area contributed by atoms with Crippen molar-refractivity contribution >= 4 is 9.76 Å². The Morgan fingerprint density at radius 1 is 1.10 bits per heavy atom. The zero-order valence-corrected chi connectivity index (χ0v) is 14.8. The first kappa shape index (κ1) is 19.9. The van der Waals surface area contributed by atoms with Gasteiger partial charge in [0.05, 0.1) is 6.10 Å². The summed E-state index contributed by atoms with van der Waals surface area (Å²) >= 11 is 0. The van der Waals surface area contributed by atoms with Gasteiger partial charge in [-0.15, -0.1) is 0 Å². The Hall–Kier alpha value is -1.12. The molecule has 1 atom stereocenters. The van der Waals surface area contributed by atoms with Gasteiger partial charge in [0.15, 0.2) is 0 Å². The summed E-state index contributed by atoms with van der Waals surface area (Å²) in [6.07, 6.45) is 8.76. The molecule has 0 amide bonds. The van der Waals surface area contributed by atoms with Gasteiger partial charge in [0, 0.05) is 0 Å². The third-order valence-corrected chi connectivity index (χ3v) is 4.02. The van der Waals surface area contributed by atoms with Crippen molar-refractivity contribution in [3.05, 3.63) is 61.3 Å². The summed E-state index contributed by atoms with van der Waals surface area (Å²) in [5.74, 6) is 0. The molecule has 1 unspecified atom stereocenters. The van der Waals surface area contributed by atoms with Crippen molar-refractivity contribution in [2.75, 3.05) is 0 Å². The van der Waals surface area contributed by atoms with Crippen molar-refractivity contribution in [2.45, 2.75) is 58.1 Å². The fraction of sp³-hybridized carbons (Fsp3) is 0.474. The molecule has 2 radical (unpaired) electrons. The van der Waals surface area contributed by atoms with Crippen LogP contribution in [0, 0.1) is 0 Å². The van der Waals surface area contributed by atoms with Crippen molar-refractivity contribution in [1.29, 1.82) is 0 Å². The van der Waals surface area contributed by atoms with Gasteiger partial charge in [0.2, 0.25) is 9.76 Å². The topological polar surface area (TPSA) is 9.23 Å². The maximum Gasteiger partial charge on any atom is 0.227 e. The minimum Gasteiger partial charge on any atom is -0.407 e. The van der Waals surface area contributed by atoms with Gasteiger partial charge < -0.3 is 4.43 Å². The van der Waals surface area contributed by atoms with Crippen LogP contribution in [-0.2, 0) is 4.43 Å². The van der Waals surface area contributed by atoms with Gasteiger partial charge in [-0.1, -0.05) is 71.6 Å². The van der Waals surface area contributed by atoms with Gasteiger partial charge in [-0.05, 0) is 41.7 Å². The van der Waals surface area contributed by atoms with Crippen LogP contribution in [0.15, 0.2) is 61.3 Å². The molecule has 0 aromatic rings. The molecule has 116 valence electrons. The molecule has 2 heteroatoms. The Morgan fingerprint density at radius 3 is 2.24 bits per heavy atom. The first-order chi connectivity index (χ1) is 9.99. The number of unbranched alkanes of at least 4 members (excludes halogenated alkanes) is 4. The summed E-state index contributed by atoms with van der Waals surface area (Å²) in [7, 11) is 0.373. The fourth-order valence-electron chi connectivity index (χ4n) is 2.07. The average molecular weight is 303 g/mol. The summed E-state index contributed by atoms with van der Waals surface area (Å²) in [5.41, 5.74) is 3.64. The van der Waals surface area contributed by atoms with Crippen molar-refractivity contribution in [3.63, 3.8) is 0 Å². The molecule has 0 fully saturated rings. The molecule has 0 heterocycles. The summed E-state index contributed by atoms with van der Waals surface area (Å²) in [5, 5.41) is 0. The SMILES string of the molecule is C=CC(=C)C(O[Si]C)C(=C)C(=C)C(=C)CCCCCCC. The lowest BCUT2D eigenvalue weighted by Crippen LogP contribution is -2.19. The largest absolute Gasteiger partial charge is 0.407 e. The second kappa shape index (κ2) is 11.5. The van der Waals surface area contributed by atoms with E-state index in [2.05, 4.69) is 39.8 Å². The molecule has 0 saturated carbocycles. The first-order valence-electron chi connectivity index (χ1n) is 7.69. The number of rotatable bonds is 13. The lowest BCUT2D eigenvalue weighted by atomic mass is 9.91. The second-order valence-electron chi connectivity index (χ2n) is 5.25. The van der Waals surface area contributed by atoms with E-state index in [1.807, 2.05) is 6.55 Å². The Kier molecular flexibility index (Phi) is 10.9. The van der Waals surface area contributed by atoms with Gasteiger partial charge in [0.25, 0.3) is 0 Å². The van der Waals surface area contributed by atoms with Crippen LogP contribution in [0.2, 0.25) is 6.55 Å². The zero-order chi connectivity index (χ0) is 16.3. The molecular weight excluding hydrogens is 272 g/mol. The van der Waals surface area contributed by atoms with E-state index in [0.29, 0.717) is 9.76 Å². The number of hydrogen-bond donors (Lipinski definition) is 0. The molecule has 0 N–H and O–H groups in total. The van der Waals surface area contributed by atoms with Crippen LogP contribution >= 0.6 is 0 Å². The van der Waals surface area contributed by atoms with E-state index in [1.54, 1.807) is 6.08 Å².